The summed E-state index contributed by atoms with van der Waals surface area (Å²) in [4.78, 5) is 0. The summed E-state index contributed by atoms with van der Waals surface area (Å²) in [6.07, 6.45) is 0.780. The van der Waals surface area contributed by atoms with E-state index in [0.717, 1.165) is 17.5 Å². The summed E-state index contributed by atoms with van der Waals surface area (Å²) in [7, 11) is -0.897. The molecule has 2 atom stereocenters. The summed E-state index contributed by atoms with van der Waals surface area (Å²) in [5.74, 6) is 0.540. The predicted molar refractivity (Wildman–Crippen MR) is 70.9 cm³/mol. The van der Waals surface area contributed by atoms with Gasteiger partial charge in [-0.1, -0.05) is 13.0 Å². The molecule has 1 rings (SSSR count). The summed E-state index contributed by atoms with van der Waals surface area (Å²) >= 11 is 0. The molecule has 0 saturated heterocycles. The van der Waals surface area contributed by atoms with Crippen molar-refractivity contribution in [3.05, 3.63) is 34.9 Å². The Hall–Kier alpha value is -1.18. The van der Waals surface area contributed by atoms with Gasteiger partial charge in [0.25, 0.3) is 0 Å². The second kappa shape index (κ2) is 6.53. The molecule has 0 aliphatic rings. The molecule has 3 nitrogen and oxygen atoms in total. The average molecular weight is 250 g/mol. The molecule has 2 unspecified atom stereocenters. The van der Waals surface area contributed by atoms with Gasteiger partial charge >= 0.3 is 0 Å². The zero-order chi connectivity index (χ0) is 12.8. The molecular weight excluding hydrogens is 232 g/mol. The summed E-state index contributed by atoms with van der Waals surface area (Å²) in [6, 6.07) is 7.59. The Morgan fingerprint density at radius 2 is 2.24 bits per heavy atom. The standard InChI is InChI=1S/C13H18N2OS/c1-10-7-12(8-15)3-4-13(10)9-17(16)11(2)5-6-14/h3-4,7,11H,5-6,9,14H2,1-2H3. The van der Waals surface area contributed by atoms with E-state index < -0.39 is 10.8 Å². The number of hydrogen-bond donors (Lipinski definition) is 1. The first kappa shape index (κ1) is 13.9. The summed E-state index contributed by atoms with van der Waals surface area (Å²) < 4.78 is 12.0. The molecule has 0 fully saturated rings. The second-order valence-electron chi connectivity index (χ2n) is 4.17. The van der Waals surface area contributed by atoms with Crippen molar-refractivity contribution in [2.45, 2.75) is 31.3 Å². The highest BCUT2D eigenvalue weighted by Gasteiger charge is 2.12. The van der Waals surface area contributed by atoms with Gasteiger partial charge in [0.05, 0.1) is 11.6 Å². The molecule has 0 saturated carbocycles. The van der Waals surface area contributed by atoms with E-state index in [9.17, 15) is 4.21 Å². The van der Waals surface area contributed by atoms with Gasteiger partial charge in [0.1, 0.15) is 0 Å². The van der Waals surface area contributed by atoms with Crippen LogP contribution < -0.4 is 5.73 Å². The van der Waals surface area contributed by atoms with Crippen LogP contribution in [-0.4, -0.2) is 16.0 Å². The highest BCUT2D eigenvalue weighted by molar-refractivity contribution is 7.84. The van der Waals surface area contributed by atoms with Crippen LogP contribution in [-0.2, 0) is 16.6 Å². The third-order valence-electron chi connectivity index (χ3n) is 2.79. The summed E-state index contributed by atoms with van der Waals surface area (Å²) in [6.45, 7) is 4.47. The molecule has 2 N–H and O–H groups in total. The molecule has 0 bridgehead atoms. The zero-order valence-corrected chi connectivity index (χ0v) is 11.1. The molecule has 0 aliphatic heterocycles. The fraction of sp³-hybridized carbons (Fsp3) is 0.462. The van der Waals surface area contributed by atoms with Crippen molar-refractivity contribution in [3.8, 4) is 6.07 Å². The number of nitrogens with zero attached hydrogens (tertiary/aromatic N) is 1. The lowest BCUT2D eigenvalue weighted by Crippen LogP contribution is -2.17. The van der Waals surface area contributed by atoms with E-state index >= 15 is 0 Å². The lowest BCUT2D eigenvalue weighted by Gasteiger charge is -2.11. The second-order valence-corrected chi connectivity index (χ2v) is 6.02. The number of aryl methyl sites for hydroxylation is 1. The molecule has 0 amide bonds. The van der Waals surface area contributed by atoms with Crippen LogP contribution in [0.1, 0.15) is 30.0 Å². The topological polar surface area (TPSA) is 66.9 Å². The van der Waals surface area contributed by atoms with Crippen LogP contribution >= 0.6 is 0 Å². The van der Waals surface area contributed by atoms with Gasteiger partial charge in [0.15, 0.2) is 0 Å². The van der Waals surface area contributed by atoms with Gasteiger partial charge in [-0.25, -0.2) is 0 Å². The van der Waals surface area contributed by atoms with Gasteiger partial charge in [-0.2, -0.15) is 5.26 Å². The number of hydrogen-bond acceptors (Lipinski definition) is 3. The van der Waals surface area contributed by atoms with Crippen LogP contribution in [0.3, 0.4) is 0 Å². The van der Waals surface area contributed by atoms with E-state index in [0.29, 0.717) is 17.9 Å². The fourth-order valence-corrected chi connectivity index (χ4v) is 2.90. The molecule has 0 aromatic heterocycles. The number of nitriles is 1. The third-order valence-corrected chi connectivity index (χ3v) is 4.52. The lowest BCUT2D eigenvalue weighted by atomic mass is 10.1. The van der Waals surface area contributed by atoms with E-state index in [4.69, 9.17) is 11.0 Å². The Bertz CT molecular complexity index is 451. The molecular formula is C13H18N2OS. The van der Waals surface area contributed by atoms with E-state index in [2.05, 4.69) is 6.07 Å². The van der Waals surface area contributed by atoms with E-state index in [1.54, 1.807) is 6.07 Å². The van der Waals surface area contributed by atoms with Crippen LogP contribution in [0.5, 0.6) is 0 Å². The molecule has 0 spiro atoms. The molecule has 1 aromatic carbocycles. The van der Waals surface area contributed by atoms with Gasteiger partial charge in [-0.15, -0.1) is 0 Å². The maximum atomic E-state index is 12.0. The maximum Gasteiger partial charge on any atom is 0.0991 e. The van der Waals surface area contributed by atoms with E-state index in [-0.39, 0.29) is 5.25 Å². The smallest absolute Gasteiger partial charge is 0.0991 e. The maximum absolute atomic E-state index is 12.0. The van der Waals surface area contributed by atoms with Gasteiger partial charge in [-0.3, -0.25) is 4.21 Å². The van der Waals surface area contributed by atoms with Crippen LogP contribution in [0.2, 0.25) is 0 Å². The van der Waals surface area contributed by atoms with E-state index in [1.807, 2.05) is 26.0 Å². The minimum absolute atomic E-state index is 0.120. The third kappa shape index (κ3) is 3.95. The Morgan fingerprint density at radius 1 is 1.53 bits per heavy atom. The Kier molecular flexibility index (Phi) is 5.33. The Balaban J connectivity index is 2.76. The number of nitrogens with two attached hydrogens (primary N) is 1. The first-order chi connectivity index (χ1) is 8.08. The minimum atomic E-state index is -0.897. The normalized spacial score (nSPS) is 14.0. The van der Waals surface area contributed by atoms with Crippen LogP contribution in [0.25, 0.3) is 0 Å². The minimum Gasteiger partial charge on any atom is -0.330 e. The van der Waals surface area contributed by atoms with Gasteiger partial charge in [0, 0.05) is 21.8 Å². The molecule has 4 heteroatoms. The van der Waals surface area contributed by atoms with E-state index in [1.165, 1.54) is 0 Å². The molecule has 0 radical (unpaired) electrons. The first-order valence-electron chi connectivity index (χ1n) is 5.65. The number of rotatable bonds is 5. The molecule has 17 heavy (non-hydrogen) atoms. The molecule has 92 valence electrons. The molecule has 0 heterocycles. The highest BCUT2D eigenvalue weighted by atomic mass is 32.2. The van der Waals surface area contributed by atoms with Crippen molar-refractivity contribution in [2.75, 3.05) is 6.54 Å². The van der Waals surface area contributed by atoms with Crippen LogP contribution in [0, 0.1) is 18.3 Å². The highest BCUT2D eigenvalue weighted by Crippen LogP contribution is 2.15. The summed E-state index contributed by atoms with van der Waals surface area (Å²) in [5.41, 5.74) is 8.18. The van der Waals surface area contributed by atoms with Crippen molar-refractivity contribution in [1.29, 1.82) is 5.26 Å². The number of benzene rings is 1. The van der Waals surface area contributed by atoms with Crippen molar-refractivity contribution in [2.24, 2.45) is 5.73 Å². The van der Waals surface area contributed by atoms with Crippen molar-refractivity contribution in [1.82, 2.24) is 0 Å². The largest absolute Gasteiger partial charge is 0.330 e. The SMILES string of the molecule is Cc1cc(C#N)ccc1CS(=O)C(C)CCN. The quantitative estimate of drug-likeness (QED) is 0.867. The predicted octanol–water partition coefficient (Wildman–Crippen LogP) is 1.85. The zero-order valence-electron chi connectivity index (χ0n) is 10.3. The monoisotopic (exact) mass is 250 g/mol. The Morgan fingerprint density at radius 3 is 2.76 bits per heavy atom. The van der Waals surface area contributed by atoms with Gasteiger partial charge < -0.3 is 5.73 Å². The van der Waals surface area contributed by atoms with Crippen molar-refractivity contribution >= 4 is 10.8 Å². The van der Waals surface area contributed by atoms with Crippen LogP contribution in [0.4, 0.5) is 0 Å². The van der Waals surface area contributed by atoms with Gasteiger partial charge in [-0.05, 0) is 43.1 Å². The van der Waals surface area contributed by atoms with Crippen LogP contribution in [0.15, 0.2) is 18.2 Å². The average Bonchev–Trinajstić information content (AvgIpc) is 2.31. The lowest BCUT2D eigenvalue weighted by molar-refractivity contribution is 0.665. The van der Waals surface area contributed by atoms with Crippen molar-refractivity contribution < 1.29 is 4.21 Å². The molecule has 0 aliphatic carbocycles. The van der Waals surface area contributed by atoms with Crippen molar-refractivity contribution in [3.63, 3.8) is 0 Å². The Labute approximate surface area is 105 Å². The summed E-state index contributed by atoms with van der Waals surface area (Å²) in [5, 5.41) is 8.89. The first-order valence-corrected chi connectivity index (χ1v) is 7.03. The fourth-order valence-electron chi connectivity index (χ4n) is 1.59. The van der Waals surface area contributed by atoms with Gasteiger partial charge in [0.2, 0.25) is 0 Å². The molecule has 1 aromatic rings.